The van der Waals surface area contributed by atoms with Crippen LogP contribution in [-0.4, -0.2) is 125 Å². The van der Waals surface area contributed by atoms with Gasteiger partial charge in [0.1, 0.15) is 36.5 Å². The van der Waals surface area contributed by atoms with Gasteiger partial charge in [-0.05, 0) is 42.8 Å². The molecule has 0 unspecified atom stereocenters. The lowest BCUT2D eigenvalue weighted by Crippen LogP contribution is -2.36. The zero-order valence-electron chi connectivity index (χ0n) is 26.9. The van der Waals surface area contributed by atoms with E-state index in [4.69, 9.17) is 14.6 Å². The summed E-state index contributed by atoms with van der Waals surface area (Å²) in [5, 5.41) is 20.8. The Kier molecular flexibility index (Phi) is 10.8. The number of aliphatic hydroxyl groups excluding tert-OH is 1. The number of methoxy groups -OCH3 is 1. The maximum Gasteiger partial charge on any atom is 0.414 e. The van der Waals surface area contributed by atoms with Crippen LogP contribution in [0.1, 0.15) is 12.8 Å². The third kappa shape index (κ3) is 8.02. The van der Waals surface area contributed by atoms with E-state index in [2.05, 4.69) is 14.9 Å². The second-order valence-corrected chi connectivity index (χ2v) is 11.4. The Labute approximate surface area is 276 Å². The van der Waals surface area contributed by atoms with Crippen molar-refractivity contribution in [1.82, 2.24) is 10.0 Å². The fourth-order valence-corrected chi connectivity index (χ4v) is 5.29. The molecule has 258 valence electrons. The number of benzene rings is 2. The van der Waals surface area contributed by atoms with E-state index in [1.54, 1.807) is 56.8 Å². The highest BCUT2D eigenvalue weighted by atomic mass is 19.1. The maximum absolute atomic E-state index is 14.6. The Morgan fingerprint density at radius 2 is 1.31 bits per heavy atom. The fourth-order valence-electron chi connectivity index (χ4n) is 5.29. The van der Waals surface area contributed by atoms with Crippen molar-refractivity contribution >= 4 is 53.6 Å². The molecule has 17 heteroatoms. The van der Waals surface area contributed by atoms with Crippen LogP contribution in [0.15, 0.2) is 46.6 Å². The number of carbonyl (C=O) groups is 3. The van der Waals surface area contributed by atoms with Gasteiger partial charge in [-0.15, -0.1) is 0 Å². The maximum atomic E-state index is 14.6. The van der Waals surface area contributed by atoms with Gasteiger partial charge < -0.3 is 29.1 Å². The molecule has 2 aromatic carbocycles. The molecule has 15 nitrogen and oxygen atoms in total. The van der Waals surface area contributed by atoms with Gasteiger partial charge in [-0.1, -0.05) is 0 Å². The number of esters is 1. The Hall–Kier alpha value is -5.19. The first-order chi connectivity index (χ1) is 23.1. The quantitative estimate of drug-likeness (QED) is 0.327. The molecule has 4 aliphatic heterocycles. The van der Waals surface area contributed by atoms with Crippen LogP contribution in [0.5, 0.6) is 0 Å². The second kappa shape index (κ2) is 15.1. The summed E-state index contributed by atoms with van der Waals surface area (Å²) >= 11 is 0. The molecule has 0 aliphatic carbocycles. The van der Waals surface area contributed by atoms with E-state index in [9.17, 15) is 23.2 Å². The minimum absolute atomic E-state index is 0.165. The Morgan fingerprint density at radius 3 is 1.71 bits per heavy atom. The molecule has 2 fully saturated rings. The highest BCUT2D eigenvalue weighted by Gasteiger charge is 2.34. The molecule has 4 aliphatic rings. The van der Waals surface area contributed by atoms with Crippen molar-refractivity contribution in [1.29, 1.82) is 0 Å². The summed E-state index contributed by atoms with van der Waals surface area (Å²) < 4.78 is 43.7. The van der Waals surface area contributed by atoms with E-state index in [0.717, 1.165) is 0 Å². The van der Waals surface area contributed by atoms with Crippen molar-refractivity contribution in [3.05, 3.63) is 48.0 Å². The Morgan fingerprint density at radius 1 is 0.833 bits per heavy atom. The molecule has 0 aromatic heterocycles. The number of rotatable bonds is 8. The van der Waals surface area contributed by atoms with E-state index in [1.807, 2.05) is 14.1 Å². The smallest absolute Gasteiger partial charge is 0.414 e. The van der Waals surface area contributed by atoms with Crippen LogP contribution >= 0.6 is 0 Å². The van der Waals surface area contributed by atoms with Crippen molar-refractivity contribution in [3.8, 4) is 0 Å². The highest BCUT2D eigenvalue weighted by molar-refractivity contribution is 5.91. The standard InChI is InChI=1S/C17H21FN4O4.C14H17FN4O3/c1-20-7-8-21(11-19-20)15-5-3-12(9-14(15)18)22-10-13(26-17(22)24)4-6-16(23)25-2;1-17-4-5-18(9-16-17)13-3-2-10(6-12(13)15)19-7-11(8-20)22-14(19)21/h3,5,9,11,13H,4,6-8,10H2,1-2H3;2-3,6,9,11,20H,4-5,7-8H2,1H3/t13-;11-/m01/s1. The first-order valence-corrected chi connectivity index (χ1v) is 15.3. The molecule has 2 aromatic rings. The number of hydrogen-bond donors (Lipinski definition) is 1. The topological polar surface area (TPSA) is 143 Å². The van der Waals surface area contributed by atoms with Crippen molar-refractivity contribution < 1.29 is 42.5 Å². The minimum Gasteiger partial charge on any atom is -0.469 e. The van der Waals surface area contributed by atoms with E-state index < -0.39 is 36.0 Å². The molecular formula is C31H38F2N8O7. The van der Waals surface area contributed by atoms with Gasteiger partial charge in [0.15, 0.2) is 0 Å². The number of amides is 2. The SMILES string of the molecule is CN1CCN(c2ccc(N3C[C@H](CO)OC3=O)cc2F)C=N1.COC(=O)CC[C@H]1CN(c2ccc(N3C=NN(C)CC3)c(F)c2)C(=O)O1. The monoisotopic (exact) mass is 672 g/mol. The summed E-state index contributed by atoms with van der Waals surface area (Å²) in [4.78, 5) is 41.1. The molecule has 4 heterocycles. The van der Waals surface area contributed by atoms with Crippen molar-refractivity contribution in [2.75, 3.05) is 86.7 Å². The van der Waals surface area contributed by atoms with E-state index in [0.29, 0.717) is 55.3 Å². The van der Waals surface area contributed by atoms with E-state index in [-0.39, 0.29) is 32.1 Å². The summed E-state index contributed by atoms with van der Waals surface area (Å²) in [6, 6.07) is 9.17. The summed E-state index contributed by atoms with van der Waals surface area (Å²) in [6.45, 7) is 2.88. The summed E-state index contributed by atoms with van der Waals surface area (Å²) in [6.07, 6.45) is 1.57. The van der Waals surface area contributed by atoms with Crippen LogP contribution in [0.25, 0.3) is 0 Å². The predicted octanol–water partition coefficient (Wildman–Crippen LogP) is 2.64. The zero-order valence-corrected chi connectivity index (χ0v) is 26.9. The van der Waals surface area contributed by atoms with Gasteiger partial charge in [0.25, 0.3) is 0 Å². The van der Waals surface area contributed by atoms with Gasteiger partial charge in [0.2, 0.25) is 0 Å². The van der Waals surface area contributed by atoms with Gasteiger partial charge in [-0.25, -0.2) is 18.4 Å². The van der Waals surface area contributed by atoms with Crippen LogP contribution in [0.4, 0.5) is 41.1 Å². The summed E-state index contributed by atoms with van der Waals surface area (Å²) in [5.41, 5.74) is 1.64. The number of aliphatic hydroxyl groups is 1. The number of halogens is 2. The average Bonchev–Trinajstić information content (AvgIpc) is 3.66. The summed E-state index contributed by atoms with van der Waals surface area (Å²) in [7, 11) is 5.01. The Bertz CT molecular complexity index is 1560. The van der Waals surface area contributed by atoms with Crippen LogP contribution < -0.4 is 19.6 Å². The third-order valence-electron chi connectivity index (χ3n) is 8.06. The lowest BCUT2D eigenvalue weighted by atomic mass is 10.2. The highest BCUT2D eigenvalue weighted by Crippen LogP contribution is 2.30. The molecule has 2 saturated heterocycles. The van der Waals surface area contributed by atoms with Gasteiger partial charge in [-0.3, -0.25) is 24.6 Å². The molecule has 0 spiro atoms. The number of hydrogen-bond acceptors (Lipinski definition) is 13. The third-order valence-corrected chi connectivity index (χ3v) is 8.06. The molecule has 0 bridgehead atoms. The van der Waals surface area contributed by atoms with Gasteiger partial charge in [0, 0.05) is 33.6 Å². The normalized spacial score (nSPS) is 20.5. The second-order valence-electron chi connectivity index (χ2n) is 11.4. The first kappa shape index (κ1) is 34.2. The van der Waals surface area contributed by atoms with Crippen molar-refractivity contribution in [2.45, 2.75) is 25.0 Å². The number of ether oxygens (including phenoxy) is 3. The minimum atomic E-state index is -0.577. The molecule has 0 saturated carbocycles. The molecule has 2 atom stereocenters. The number of likely N-dealkylation sites (N-methyl/N-ethyl adjacent to an activating group) is 2. The molecule has 48 heavy (non-hydrogen) atoms. The van der Waals surface area contributed by atoms with Crippen LogP contribution in [-0.2, 0) is 19.0 Å². The molecule has 6 rings (SSSR count). The number of cyclic esters (lactones) is 2. The fraction of sp³-hybridized carbons (Fsp3) is 0.452. The first-order valence-electron chi connectivity index (χ1n) is 15.3. The van der Waals surface area contributed by atoms with E-state index >= 15 is 0 Å². The predicted molar refractivity (Wildman–Crippen MR) is 173 cm³/mol. The number of carbonyl (C=O) groups excluding carboxylic acids is 3. The van der Waals surface area contributed by atoms with Gasteiger partial charge in [0.05, 0.1) is 62.6 Å². The van der Waals surface area contributed by atoms with Crippen LogP contribution in [0.2, 0.25) is 0 Å². The molecule has 2 amide bonds. The molecular weight excluding hydrogens is 634 g/mol. The molecule has 1 N–H and O–H groups in total. The van der Waals surface area contributed by atoms with Gasteiger partial charge >= 0.3 is 18.2 Å². The zero-order chi connectivity index (χ0) is 34.4. The average molecular weight is 673 g/mol. The lowest BCUT2D eigenvalue weighted by Gasteiger charge is -2.28. The van der Waals surface area contributed by atoms with E-state index in [1.165, 1.54) is 29.0 Å². The molecule has 0 radical (unpaired) electrons. The lowest BCUT2D eigenvalue weighted by molar-refractivity contribution is -0.141. The van der Waals surface area contributed by atoms with Crippen LogP contribution in [0, 0.1) is 11.6 Å². The van der Waals surface area contributed by atoms with Crippen molar-refractivity contribution in [2.24, 2.45) is 10.2 Å². The Balaban J connectivity index is 0.000000190. The number of nitrogens with zero attached hydrogens (tertiary/aromatic N) is 8. The van der Waals surface area contributed by atoms with Crippen molar-refractivity contribution in [3.63, 3.8) is 0 Å². The largest absolute Gasteiger partial charge is 0.469 e. The van der Waals surface area contributed by atoms with Crippen LogP contribution in [0.3, 0.4) is 0 Å². The summed E-state index contributed by atoms with van der Waals surface area (Å²) in [5.74, 6) is -1.23. The van der Waals surface area contributed by atoms with Gasteiger partial charge in [-0.2, -0.15) is 10.2 Å². The number of hydrazone groups is 2. The number of anilines is 4.